The van der Waals surface area contributed by atoms with E-state index in [9.17, 15) is 8.42 Å². The quantitative estimate of drug-likeness (QED) is 0.238. The molecule has 0 aromatic carbocycles. The number of nitrogens with one attached hydrogen (secondary N) is 3. The van der Waals surface area contributed by atoms with E-state index in [1.807, 2.05) is 0 Å². The molecule has 0 aromatic rings. The number of halogens is 1. The molecule has 6 nitrogen and oxygen atoms in total. The molecule has 0 spiro atoms. The van der Waals surface area contributed by atoms with Gasteiger partial charge < -0.3 is 10.6 Å². The lowest BCUT2D eigenvalue weighted by atomic mass is 10.1. The van der Waals surface area contributed by atoms with Gasteiger partial charge in [-0.2, -0.15) is 0 Å². The zero-order chi connectivity index (χ0) is 14.9. The van der Waals surface area contributed by atoms with Crippen LogP contribution in [0.4, 0.5) is 0 Å². The van der Waals surface area contributed by atoms with Gasteiger partial charge in [0.15, 0.2) is 5.96 Å². The van der Waals surface area contributed by atoms with Gasteiger partial charge in [-0.25, -0.2) is 13.1 Å². The fourth-order valence-corrected chi connectivity index (χ4v) is 1.86. The molecule has 0 saturated carbocycles. The number of hydrogen-bond acceptors (Lipinski definition) is 3. The summed E-state index contributed by atoms with van der Waals surface area (Å²) in [4.78, 5) is 4.13. The second-order valence-electron chi connectivity index (χ2n) is 4.83. The highest BCUT2D eigenvalue weighted by Gasteiger charge is 2.08. The highest BCUT2D eigenvalue weighted by molar-refractivity contribution is 14.0. The number of nitrogens with zero attached hydrogens (tertiary/aromatic N) is 1. The van der Waals surface area contributed by atoms with Gasteiger partial charge in [-0.3, -0.25) is 4.99 Å². The van der Waals surface area contributed by atoms with Crippen molar-refractivity contribution in [1.82, 2.24) is 15.4 Å². The lowest BCUT2D eigenvalue weighted by Crippen LogP contribution is -2.44. The molecule has 0 aliphatic heterocycles. The molecule has 122 valence electrons. The van der Waals surface area contributed by atoms with Crippen molar-refractivity contribution in [2.45, 2.75) is 40.2 Å². The molecule has 0 aliphatic rings. The highest BCUT2D eigenvalue weighted by Crippen LogP contribution is 1.98. The SMILES string of the molecule is CCS(=O)(=O)NCCCNC(=NC)NC(C)C(C)C.I. The van der Waals surface area contributed by atoms with Crippen LogP contribution >= 0.6 is 24.0 Å². The molecule has 0 radical (unpaired) electrons. The molecule has 0 aromatic heterocycles. The average Bonchev–Trinajstić information content (AvgIpc) is 2.36. The van der Waals surface area contributed by atoms with Crippen molar-refractivity contribution < 1.29 is 8.42 Å². The first-order valence-corrected chi connectivity index (χ1v) is 8.42. The third-order valence-electron chi connectivity index (χ3n) is 2.94. The Bertz CT molecular complexity index is 372. The van der Waals surface area contributed by atoms with Gasteiger partial charge in [-0.15, -0.1) is 24.0 Å². The minimum Gasteiger partial charge on any atom is -0.356 e. The molecule has 3 N–H and O–H groups in total. The van der Waals surface area contributed by atoms with Crippen molar-refractivity contribution in [3.8, 4) is 0 Å². The van der Waals surface area contributed by atoms with Gasteiger partial charge >= 0.3 is 0 Å². The van der Waals surface area contributed by atoms with Gasteiger partial charge in [0, 0.05) is 26.2 Å². The Balaban J connectivity index is 0. The molecule has 0 aliphatic carbocycles. The maximum Gasteiger partial charge on any atom is 0.211 e. The topological polar surface area (TPSA) is 82.6 Å². The molecule has 1 atom stereocenters. The lowest BCUT2D eigenvalue weighted by molar-refractivity contribution is 0.480. The Morgan fingerprint density at radius 2 is 1.80 bits per heavy atom. The van der Waals surface area contributed by atoms with Crippen LogP contribution in [0.25, 0.3) is 0 Å². The standard InChI is InChI=1S/C12H28N4O2S.HI/c1-6-19(17,18)15-9-7-8-14-12(13-5)16-11(4)10(2)3;/h10-11,15H,6-9H2,1-5H3,(H2,13,14,16);1H. The van der Waals surface area contributed by atoms with Gasteiger partial charge in [0.05, 0.1) is 5.75 Å². The zero-order valence-electron chi connectivity index (χ0n) is 13.1. The molecule has 0 fully saturated rings. The lowest BCUT2D eigenvalue weighted by Gasteiger charge is -2.20. The summed E-state index contributed by atoms with van der Waals surface area (Å²) in [5, 5.41) is 6.45. The summed E-state index contributed by atoms with van der Waals surface area (Å²) in [5.41, 5.74) is 0. The largest absolute Gasteiger partial charge is 0.356 e. The maximum absolute atomic E-state index is 11.2. The van der Waals surface area contributed by atoms with Gasteiger partial charge in [0.2, 0.25) is 10.0 Å². The van der Waals surface area contributed by atoms with Crippen LogP contribution in [0.3, 0.4) is 0 Å². The maximum atomic E-state index is 11.2. The normalized spacial score (nSPS) is 13.8. The Morgan fingerprint density at radius 3 is 2.25 bits per heavy atom. The van der Waals surface area contributed by atoms with E-state index in [2.05, 4.69) is 41.1 Å². The predicted molar refractivity (Wildman–Crippen MR) is 96.3 cm³/mol. The Labute approximate surface area is 140 Å². The summed E-state index contributed by atoms with van der Waals surface area (Å²) in [6.45, 7) is 9.14. The first-order chi connectivity index (χ1) is 8.82. The van der Waals surface area contributed by atoms with Crippen LogP contribution in [0.15, 0.2) is 4.99 Å². The summed E-state index contributed by atoms with van der Waals surface area (Å²) >= 11 is 0. The van der Waals surface area contributed by atoms with E-state index in [-0.39, 0.29) is 29.7 Å². The second-order valence-corrected chi connectivity index (χ2v) is 6.92. The molecule has 1 unspecified atom stereocenters. The van der Waals surface area contributed by atoms with Crippen molar-refractivity contribution in [2.24, 2.45) is 10.9 Å². The minimum absolute atomic E-state index is 0. The fourth-order valence-electron chi connectivity index (χ4n) is 1.20. The van der Waals surface area contributed by atoms with Gasteiger partial charge in [0.25, 0.3) is 0 Å². The van der Waals surface area contributed by atoms with E-state index in [0.717, 1.165) is 12.4 Å². The zero-order valence-corrected chi connectivity index (χ0v) is 16.2. The molecule has 0 rings (SSSR count). The molecule has 0 amide bonds. The van der Waals surface area contributed by atoms with Crippen LogP contribution in [-0.2, 0) is 10.0 Å². The van der Waals surface area contributed by atoms with E-state index < -0.39 is 10.0 Å². The Kier molecular flexibility index (Phi) is 12.8. The van der Waals surface area contributed by atoms with Gasteiger partial charge in [0.1, 0.15) is 0 Å². The summed E-state index contributed by atoms with van der Waals surface area (Å²) < 4.78 is 24.9. The van der Waals surface area contributed by atoms with E-state index in [1.54, 1.807) is 14.0 Å². The third-order valence-corrected chi connectivity index (χ3v) is 4.34. The Morgan fingerprint density at radius 1 is 1.20 bits per heavy atom. The summed E-state index contributed by atoms with van der Waals surface area (Å²) in [6.07, 6.45) is 0.718. The molecular formula is C12H29IN4O2S. The smallest absolute Gasteiger partial charge is 0.211 e. The summed E-state index contributed by atoms with van der Waals surface area (Å²) in [5.74, 6) is 1.39. The number of rotatable bonds is 8. The predicted octanol–water partition coefficient (Wildman–Crippen LogP) is 1.14. The summed E-state index contributed by atoms with van der Waals surface area (Å²) in [7, 11) is -1.36. The van der Waals surface area contributed by atoms with Crippen LogP contribution in [0.2, 0.25) is 0 Å². The first-order valence-electron chi connectivity index (χ1n) is 6.77. The number of aliphatic imine (C=N–C) groups is 1. The first kappa shape index (κ1) is 22.2. The molecule has 8 heteroatoms. The number of sulfonamides is 1. The van der Waals surface area contributed by atoms with E-state index in [1.165, 1.54) is 0 Å². The number of guanidine groups is 1. The van der Waals surface area contributed by atoms with E-state index in [4.69, 9.17) is 0 Å². The minimum atomic E-state index is -3.08. The average molecular weight is 420 g/mol. The van der Waals surface area contributed by atoms with Gasteiger partial charge in [-0.05, 0) is 26.2 Å². The molecule has 20 heavy (non-hydrogen) atoms. The van der Waals surface area contributed by atoms with Crippen molar-refractivity contribution in [1.29, 1.82) is 0 Å². The number of hydrogen-bond donors (Lipinski definition) is 3. The molecule has 0 heterocycles. The van der Waals surface area contributed by atoms with Crippen molar-refractivity contribution in [3.05, 3.63) is 0 Å². The summed E-state index contributed by atoms with van der Waals surface area (Å²) in [6, 6.07) is 0.338. The van der Waals surface area contributed by atoms with Crippen LogP contribution in [0.1, 0.15) is 34.1 Å². The highest BCUT2D eigenvalue weighted by atomic mass is 127. The van der Waals surface area contributed by atoms with E-state index in [0.29, 0.717) is 25.0 Å². The second kappa shape index (κ2) is 11.6. The van der Waals surface area contributed by atoms with E-state index >= 15 is 0 Å². The van der Waals surface area contributed by atoms with Crippen molar-refractivity contribution in [2.75, 3.05) is 25.9 Å². The van der Waals surface area contributed by atoms with Crippen LogP contribution in [0, 0.1) is 5.92 Å². The molecule has 0 bridgehead atoms. The van der Waals surface area contributed by atoms with Crippen molar-refractivity contribution in [3.63, 3.8) is 0 Å². The Hall–Kier alpha value is -0.0900. The third kappa shape index (κ3) is 10.7. The monoisotopic (exact) mass is 420 g/mol. The van der Waals surface area contributed by atoms with Crippen LogP contribution < -0.4 is 15.4 Å². The molecular weight excluding hydrogens is 391 g/mol. The fraction of sp³-hybridized carbons (Fsp3) is 0.917. The van der Waals surface area contributed by atoms with Crippen LogP contribution in [-0.4, -0.2) is 46.3 Å². The molecule has 0 saturated heterocycles. The van der Waals surface area contributed by atoms with Crippen LogP contribution in [0.5, 0.6) is 0 Å². The van der Waals surface area contributed by atoms with Crippen molar-refractivity contribution >= 4 is 40.0 Å². The van der Waals surface area contributed by atoms with Gasteiger partial charge in [-0.1, -0.05) is 13.8 Å².